The highest BCUT2D eigenvalue weighted by molar-refractivity contribution is 5.92. The van der Waals surface area contributed by atoms with Crippen molar-refractivity contribution in [3.05, 3.63) is 59.7 Å². The van der Waals surface area contributed by atoms with Crippen molar-refractivity contribution >= 4 is 11.6 Å². The highest BCUT2D eigenvalue weighted by Crippen LogP contribution is 2.14. The van der Waals surface area contributed by atoms with Gasteiger partial charge in [0.15, 0.2) is 0 Å². The molecular weight excluding hydrogens is 264 g/mol. The average molecular weight is 284 g/mol. The Balaban J connectivity index is 1.94. The fourth-order valence-electron chi connectivity index (χ4n) is 2.09. The number of benzene rings is 2. The lowest BCUT2D eigenvalue weighted by Crippen LogP contribution is -2.14. The summed E-state index contributed by atoms with van der Waals surface area (Å²) in [6.07, 6.45) is 1.17. The minimum absolute atomic E-state index is 0.0465. The molecule has 0 bridgehead atoms. The molecule has 110 valence electrons. The fourth-order valence-corrected chi connectivity index (χ4v) is 2.09. The third-order valence-electron chi connectivity index (χ3n) is 3.17. The molecule has 0 fully saturated rings. The number of carbonyl (C=O) groups excluding carboxylic acids is 1. The normalized spacial score (nSPS) is 10.2. The molecule has 0 radical (unpaired) electrons. The second-order valence-electron chi connectivity index (χ2n) is 4.81. The summed E-state index contributed by atoms with van der Waals surface area (Å²) >= 11 is 0. The Morgan fingerprint density at radius 1 is 1.14 bits per heavy atom. The Bertz CT molecular complexity index is 594. The number of ether oxygens (including phenoxy) is 1. The predicted molar refractivity (Wildman–Crippen MR) is 84.5 cm³/mol. The minimum atomic E-state index is -0.0465. The van der Waals surface area contributed by atoms with E-state index in [1.807, 2.05) is 48.5 Å². The van der Waals surface area contributed by atoms with Crippen molar-refractivity contribution in [3.63, 3.8) is 0 Å². The third kappa shape index (κ3) is 4.61. The highest BCUT2D eigenvalue weighted by Gasteiger charge is 2.05. The molecule has 0 unspecified atom stereocenters. The van der Waals surface area contributed by atoms with Gasteiger partial charge in [-0.3, -0.25) is 4.79 Å². The Labute approximate surface area is 124 Å². The molecule has 0 saturated carbocycles. The lowest BCUT2D eigenvalue weighted by atomic mass is 10.1. The van der Waals surface area contributed by atoms with Crippen LogP contribution in [0, 0.1) is 0 Å². The summed E-state index contributed by atoms with van der Waals surface area (Å²) in [5.74, 6) is 0.710. The van der Waals surface area contributed by atoms with Crippen LogP contribution in [0.3, 0.4) is 0 Å². The van der Waals surface area contributed by atoms with Crippen LogP contribution < -0.4 is 15.8 Å². The largest absolute Gasteiger partial charge is 0.497 e. The molecule has 21 heavy (non-hydrogen) atoms. The van der Waals surface area contributed by atoms with Gasteiger partial charge >= 0.3 is 0 Å². The Kier molecular flexibility index (Phi) is 5.35. The number of hydrogen-bond donors (Lipinski definition) is 2. The first-order valence-electron chi connectivity index (χ1n) is 6.93. The molecule has 0 spiro atoms. The molecule has 0 heterocycles. The van der Waals surface area contributed by atoms with Gasteiger partial charge in [0, 0.05) is 5.69 Å². The second-order valence-corrected chi connectivity index (χ2v) is 4.81. The molecule has 2 aromatic carbocycles. The molecule has 1 amide bonds. The van der Waals surface area contributed by atoms with Gasteiger partial charge in [-0.05, 0) is 48.4 Å². The van der Waals surface area contributed by atoms with Crippen molar-refractivity contribution in [3.8, 4) is 5.75 Å². The summed E-state index contributed by atoms with van der Waals surface area (Å²) in [5.41, 5.74) is 8.40. The zero-order valence-corrected chi connectivity index (χ0v) is 12.1. The standard InChI is InChI=1S/C17H20N2O2/c1-21-16-4-2-3-14(11-16)12-17(20)19-15-7-5-13(6-8-15)9-10-18/h2-8,11H,9-10,12,18H2,1H3,(H,19,20). The van der Waals surface area contributed by atoms with Crippen LogP contribution in [0.15, 0.2) is 48.5 Å². The van der Waals surface area contributed by atoms with Crippen LogP contribution in [0.4, 0.5) is 5.69 Å². The quantitative estimate of drug-likeness (QED) is 0.856. The van der Waals surface area contributed by atoms with Crippen LogP contribution in [0.5, 0.6) is 5.75 Å². The zero-order valence-electron chi connectivity index (χ0n) is 12.1. The number of rotatable bonds is 6. The Morgan fingerprint density at radius 3 is 2.57 bits per heavy atom. The molecule has 3 N–H and O–H groups in total. The van der Waals surface area contributed by atoms with Gasteiger partial charge in [-0.2, -0.15) is 0 Å². The molecule has 0 aliphatic heterocycles. The van der Waals surface area contributed by atoms with E-state index >= 15 is 0 Å². The van der Waals surface area contributed by atoms with Crippen LogP contribution in [0.1, 0.15) is 11.1 Å². The van der Waals surface area contributed by atoms with E-state index in [0.29, 0.717) is 13.0 Å². The van der Waals surface area contributed by atoms with Gasteiger partial charge in [0.2, 0.25) is 5.91 Å². The first kappa shape index (κ1) is 15.1. The van der Waals surface area contributed by atoms with Gasteiger partial charge in [-0.15, -0.1) is 0 Å². The van der Waals surface area contributed by atoms with Crippen molar-refractivity contribution < 1.29 is 9.53 Å². The first-order valence-corrected chi connectivity index (χ1v) is 6.93. The smallest absolute Gasteiger partial charge is 0.228 e. The van der Waals surface area contributed by atoms with Crippen LogP contribution in [-0.4, -0.2) is 19.6 Å². The molecule has 2 aromatic rings. The van der Waals surface area contributed by atoms with Crippen molar-refractivity contribution in [1.29, 1.82) is 0 Å². The van der Waals surface area contributed by atoms with Gasteiger partial charge in [0.1, 0.15) is 5.75 Å². The van der Waals surface area contributed by atoms with Crippen molar-refractivity contribution in [2.75, 3.05) is 19.0 Å². The molecule has 0 aliphatic carbocycles. The van der Waals surface area contributed by atoms with E-state index in [9.17, 15) is 4.79 Å². The van der Waals surface area contributed by atoms with Crippen LogP contribution in [0.25, 0.3) is 0 Å². The maximum Gasteiger partial charge on any atom is 0.228 e. The maximum absolute atomic E-state index is 12.0. The first-order chi connectivity index (χ1) is 10.2. The summed E-state index contributed by atoms with van der Waals surface area (Å²) in [4.78, 5) is 12.0. The molecule has 0 aliphatic rings. The fraction of sp³-hybridized carbons (Fsp3) is 0.235. The van der Waals surface area contributed by atoms with Gasteiger partial charge in [-0.25, -0.2) is 0 Å². The van der Waals surface area contributed by atoms with E-state index in [2.05, 4.69) is 5.32 Å². The summed E-state index contributed by atoms with van der Waals surface area (Å²) in [6.45, 7) is 0.627. The van der Waals surface area contributed by atoms with Crippen LogP contribution in [-0.2, 0) is 17.6 Å². The number of carbonyl (C=O) groups is 1. The van der Waals surface area contributed by atoms with Gasteiger partial charge in [0.05, 0.1) is 13.5 Å². The zero-order chi connectivity index (χ0) is 15.1. The summed E-state index contributed by atoms with van der Waals surface area (Å²) < 4.78 is 5.15. The summed E-state index contributed by atoms with van der Waals surface area (Å²) in [7, 11) is 1.61. The monoisotopic (exact) mass is 284 g/mol. The van der Waals surface area contributed by atoms with Crippen molar-refractivity contribution in [2.45, 2.75) is 12.8 Å². The Hall–Kier alpha value is -2.33. The number of nitrogens with two attached hydrogens (primary N) is 1. The van der Waals surface area contributed by atoms with E-state index in [0.717, 1.165) is 23.4 Å². The maximum atomic E-state index is 12.0. The van der Waals surface area contributed by atoms with Gasteiger partial charge in [-0.1, -0.05) is 24.3 Å². The van der Waals surface area contributed by atoms with Gasteiger partial charge in [0.25, 0.3) is 0 Å². The highest BCUT2D eigenvalue weighted by atomic mass is 16.5. The van der Waals surface area contributed by atoms with E-state index in [1.54, 1.807) is 7.11 Å². The Morgan fingerprint density at radius 2 is 1.90 bits per heavy atom. The molecule has 4 nitrogen and oxygen atoms in total. The number of amides is 1. The number of hydrogen-bond acceptors (Lipinski definition) is 3. The van der Waals surface area contributed by atoms with Gasteiger partial charge < -0.3 is 15.8 Å². The van der Waals surface area contributed by atoms with Crippen LogP contribution in [0.2, 0.25) is 0 Å². The van der Waals surface area contributed by atoms with Crippen molar-refractivity contribution in [2.24, 2.45) is 5.73 Å². The second kappa shape index (κ2) is 7.45. The molecule has 0 aromatic heterocycles. The number of methoxy groups -OCH3 is 1. The molecular formula is C17H20N2O2. The van der Waals surface area contributed by atoms with Crippen LogP contribution >= 0.6 is 0 Å². The number of nitrogens with one attached hydrogen (secondary N) is 1. The SMILES string of the molecule is COc1cccc(CC(=O)Nc2ccc(CCN)cc2)c1. The van der Waals surface area contributed by atoms with Crippen molar-refractivity contribution in [1.82, 2.24) is 0 Å². The molecule has 0 atom stereocenters. The lowest BCUT2D eigenvalue weighted by molar-refractivity contribution is -0.115. The minimum Gasteiger partial charge on any atom is -0.497 e. The number of anilines is 1. The summed E-state index contributed by atoms with van der Waals surface area (Å²) in [5, 5.41) is 2.89. The van der Waals surface area contributed by atoms with E-state index in [4.69, 9.17) is 10.5 Å². The predicted octanol–water partition coefficient (Wildman–Crippen LogP) is 2.38. The molecule has 4 heteroatoms. The lowest BCUT2D eigenvalue weighted by Gasteiger charge is -2.07. The van der Waals surface area contributed by atoms with E-state index in [1.165, 1.54) is 5.56 Å². The topological polar surface area (TPSA) is 64.3 Å². The van der Waals surface area contributed by atoms with E-state index in [-0.39, 0.29) is 5.91 Å². The molecule has 2 rings (SSSR count). The third-order valence-corrected chi connectivity index (χ3v) is 3.17. The summed E-state index contributed by atoms with van der Waals surface area (Å²) in [6, 6.07) is 15.3. The average Bonchev–Trinajstić information content (AvgIpc) is 2.49. The van der Waals surface area contributed by atoms with E-state index < -0.39 is 0 Å². The molecule has 0 saturated heterocycles.